The molecule has 0 aromatic carbocycles. The van der Waals surface area contributed by atoms with Gasteiger partial charge in [0.15, 0.2) is 0 Å². The van der Waals surface area contributed by atoms with Crippen molar-refractivity contribution in [2.75, 3.05) is 20.1 Å². The zero-order chi connectivity index (χ0) is 11.8. The van der Waals surface area contributed by atoms with Crippen LogP contribution in [-0.2, 0) is 0 Å². The van der Waals surface area contributed by atoms with E-state index in [4.69, 9.17) is 5.26 Å². The standard InChI is InChI=1S/C13H25N3/c1-3-13-7-5-4-6-9-16(13)10-8-12(11-14)15-2/h12-13,15H,3-10H2,1-2H3. The normalized spacial score (nSPS) is 24.7. The largest absolute Gasteiger partial charge is 0.305 e. The SMILES string of the molecule is CCC1CCCCCN1CCC(C#N)NC. The Morgan fingerprint density at radius 3 is 2.88 bits per heavy atom. The summed E-state index contributed by atoms with van der Waals surface area (Å²) in [6.07, 6.45) is 7.62. The summed E-state index contributed by atoms with van der Waals surface area (Å²) < 4.78 is 0. The van der Waals surface area contributed by atoms with Gasteiger partial charge in [0.2, 0.25) is 0 Å². The molecule has 0 radical (unpaired) electrons. The second kappa shape index (κ2) is 7.65. The van der Waals surface area contributed by atoms with Crippen LogP contribution in [0.2, 0.25) is 0 Å². The van der Waals surface area contributed by atoms with Crippen LogP contribution >= 0.6 is 0 Å². The van der Waals surface area contributed by atoms with Crippen molar-refractivity contribution >= 4 is 0 Å². The van der Waals surface area contributed by atoms with E-state index < -0.39 is 0 Å². The molecule has 0 saturated carbocycles. The molecule has 3 nitrogen and oxygen atoms in total. The van der Waals surface area contributed by atoms with E-state index in [2.05, 4.69) is 23.2 Å². The van der Waals surface area contributed by atoms with Gasteiger partial charge in [-0.25, -0.2) is 0 Å². The smallest absolute Gasteiger partial charge is 0.0962 e. The van der Waals surface area contributed by atoms with Crippen LogP contribution < -0.4 is 5.32 Å². The molecule has 2 unspecified atom stereocenters. The van der Waals surface area contributed by atoms with Gasteiger partial charge in [0.25, 0.3) is 0 Å². The van der Waals surface area contributed by atoms with E-state index in [0.717, 1.165) is 19.0 Å². The molecule has 1 N–H and O–H groups in total. The molecule has 2 atom stereocenters. The molecule has 16 heavy (non-hydrogen) atoms. The fraction of sp³-hybridized carbons (Fsp3) is 0.923. The lowest BCUT2D eigenvalue weighted by molar-refractivity contribution is 0.189. The summed E-state index contributed by atoms with van der Waals surface area (Å²) in [6, 6.07) is 3.07. The lowest BCUT2D eigenvalue weighted by Crippen LogP contribution is -2.38. The Morgan fingerprint density at radius 1 is 1.44 bits per heavy atom. The van der Waals surface area contributed by atoms with Crippen LogP contribution in [0.4, 0.5) is 0 Å². The molecule has 1 fully saturated rings. The Balaban J connectivity index is 2.39. The molecule has 92 valence electrons. The Kier molecular flexibility index (Phi) is 6.44. The zero-order valence-corrected chi connectivity index (χ0v) is 10.7. The molecular weight excluding hydrogens is 198 g/mol. The highest BCUT2D eigenvalue weighted by atomic mass is 15.2. The minimum absolute atomic E-state index is 0.0146. The van der Waals surface area contributed by atoms with Crippen LogP contribution in [0.15, 0.2) is 0 Å². The second-order valence-corrected chi connectivity index (χ2v) is 4.71. The number of likely N-dealkylation sites (tertiary alicyclic amines) is 1. The lowest BCUT2D eigenvalue weighted by atomic mass is 10.1. The number of nitrogens with zero attached hydrogens (tertiary/aromatic N) is 2. The van der Waals surface area contributed by atoms with Gasteiger partial charge in [0.05, 0.1) is 12.1 Å². The first kappa shape index (κ1) is 13.5. The Hall–Kier alpha value is -0.590. The van der Waals surface area contributed by atoms with Crippen LogP contribution in [0.1, 0.15) is 45.4 Å². The number of hydrogen-bond donors (Lipinski definition) is 1. The van der Waals surface area contributed by atoms with Crippen molar-refractivity contribution in [3.63, 3.8) is 0 Å². The first-order chi connectivity index (χ1) is 7.81. The highest BCUT2D eigenvalue weighted by Gasteiger charge is 2.19. The minimum Gasteiger partial charge on any atom is -0.305 e. The molecule has 1 aliphatic rings. The summed E-state index contributed by atoms with van der Waals surface area (Å²) in [5.41, 5.74) is 0. The lowest BCUT2D eigenvalue weighted by Gasteiger charge is -2.29. The van der Waals surface area contributed by atoms with E-state index in [0.29, 0.717) is 0 Å². The van der Waals surface area contributed by atoms with Gasteiger partial charge in [-0.2, -0.15) is 5.26 Å². The molecular formula is C13H25N3. The van der Waals surface area contributed by atoms with Gasteiger partial charge >= 0.3 is 0 Å². The predicted molar refractivity (Wildman–Crippen MR) is 67.2 cm³/mol. The van der Waals surface area contributed by atoms with E-state index in [1.165, 1.54) is 38.6 Å². The van der Waals surface area contributed by atoms with Crippen LogP contribution in [-0.4, -0.2) is 37.1 Å². The van der Waals surface area contributed by atoms with Crippen LogP contribution in [0.5, 0.6) is 0 Å². The Morgan fingerprint density at radius 2 is 2.25 bits per heavy atom. The summed E-state index contributed by atoms with van der Waals surface area (Å²) >= 11 is 0. The molecule has 0 aromatic heterocycles. The first-order valence-corrected chi connectivity index (χ1v) is 6.62. The quantitative estimate of drug-likeness (QED) is 0.776. The molecule has 0 spiro atoms. The third kappa shape index (κ3) is 4.11. The number of rotatable bonds is 5. The van der Waals surface area contributed by atoms with Crippen LogP contribution in [0.3, 0.4) is 0 Å². The molecule has 3 heteroatoms. The van der Waals surface area contributed by atoms with Crippen LogP contribution in [0, 0.1) is 11.3 Å². The van der Waals surface area contributed by atoms with Gasteiger partial charge < -0.3 is 10.2 Å². The highest BCUT2D eigenvalue weighted by molar-refractivity contribution is 4.89. The minimum atomic E-state index is 0.0146. The predicted octanol–water partition coefficient (Wildman–Crippen LogP) is 2.14. The van der Waals surface area contributed by atoms with Crippen molar-refractivity contribution in [1.82, 2.24) is 10.2 Å². The average Bonchev–Trinajstić information content (AvgIpc) is 2.55. The van der Waals surface area contributed by atoms with Crippen molar-refractivity contribution in [2.24, 2.45) is 0 Å². The van der Waals surface area contributed by atoms with Gasteiger partial charge in [0.1, 0.15) is 0 Å². The first-order valence-electron chi connectivity index (χ1n) is 6.62. The Bertz CT molecular complexity index is 222. The van der Waals surface area contributed by atoms with E-state index in [-0.39, 0.29) is 6.04 Å². The molecule has 0 aliphatic carbocycles. The van der Waals surface area contributed by atoms with Gasteiger partial charge in [-0.3, -0.25) is 0 Å². The van der Waals surface area contributed by atoms with Crippen molar-refractivity contribution in [3.05, 3.63) is 0 Å². The van der Waals surface area contributed by atoms with Crippen molar-refractivity contribution in [1.29, 1.82) is 5.26 Å². The molecule has 1 saturated heterocycles. The summed E-state index contributed by atoms with van der Waals surface area (Å²) in [4.78, 5) is 2.59. The molecule has 0 amide bonds. The molecule has 1 aliphatic heterocycles. The summed E-state index contributed by atoms with van der Waals surface area (Å²) in [7, 11) is 1.87. The van der Waals surface area contributed by atoms with Gasteiger partial charge in [-0.05, 0) is 39.3 Å². The molecule has 1 rings (SSSR count). The fourth-order valence-electron chi connectivity index (χ4n) is 2.56. The highest BCUT2D eigenvalue weighted by Crippen LogP contribution is 2.19. The average molecular weight is 223 g/mol. The maximum atomic E-state index is 8.90. The monoisotopic (exact) mass is 223 g/mol. The topological polar surface area (TPSA) is 39.1 Å². The van der Waals surface area contributed by atoms with E-state index in [1.54, 1.807) is 0 Å². The number of hydrogen-bond acceptors (Lipinski definition) is 3. The molecule has 0 aromatic rings. The van der Waals surface area contributed by atoms with Crippen LogP contribution in [0.25, 0.3) is 0 Å². The van der Waals surface area contributed by atoms with Crippen molar-refractivity contribution < 1.29 is 0 Å². The van der Waals surface area contributed by atoms with E-state index in [9.17, 15) is 0 Å². The maximum absolute atomic E-state index is 8.90. The van der Waals surface area contributed by atoms with Gasteiger partial charge in [-0.1, -0.05) is 19.8 Å². The van der Waals surface area contributed by atoms with Gasteiger partial charge in [-0.15, -0.1) is 0 Å². The Labute approximate surface area is 99.8 Å². The van der Waals surface area contributed by atoms with Crippen molar-refractivity contribution in [2.45, 2.75) is 57.5 Å². The number of nitrogens with one attached hydrogen (secondary N) is 1. The molecule has 1 heterocycles. The fourth-order valence-corrected chi connectivity index (χ4v) is 2.56. The maximum Gasteiger partial charge on any atom is 0.0962 e. The summed E-state index contributed by atoms with van der Waals surface area (Å²) in [5, 5.41) is 12.0. The van der Waals surface area contributed by atoms with E-state index in [1.807, 2.05) is 7.05 Å². The van der Waals surface area contributed by atoms with E-state index >= 15 is 0 Å². The summed E-state index contributed by atoms with van der Waals surface area (Å²) in [5.74, 6) is 0. The third-order valence-corrected chi connectivity index (χ3v) is 3.68. The number of nitriles is 1. The zero-order valence-electron chi connectivity index (χ0n) is 10.7. The molecule has 0 bridgehead atoms. The second-order valence-electron chi connectivity index (χ2n) is 4.71. The van der Waals surface area contributed by atoms with Gasteiger partial charge in [0, 0.05) is 12.6 Å². The summed E-state index contributed by atoms with van der Waals surface area (Å²) in [6.45, 7) is 4.57. The van der Waals surface area contributed by atoms with Crippen molar-refractivity contribution in [3.8, 4) is 6.07 Å². The third-order valence-electron chi connectivity index (χ3n) is 3.68.